The molecule has 0 aliphatic rings. The van der Waals surface area contributed by atoms with Crippen molar-refractivity contribution in [1.29, 1.82) is 0 Å². The maximum Gasteiger partial charge on any atom is 0.303 e. The number of rotatable bonds is 8. The number of hydrogen-bond donors (Lipinski definition) is 2. The Hall–Kier alpha value is -1.10. The zero-order valence-electron chi connectivity index (χ0n) is 10.1. The first-order valence-electron chi connectivity index (χ1n) is 5.68. The Morgan fingerprint density at radius 2 is 2.06 bits per heavy atom. The van der Waals surface area contributed by atoms with Gasteiger partial charge in [-0.25, -0.2) is 0 Å². The van der Waals surface area contributed by atoms with Gasteiger partial charge >= 0.3 is 5.97 Å². The van der Waals surface area contributed by atoms with E-state index in [0.29, 0.717) is 19.4 Å². The van der Waals surface area contributed by atoms with Crippen LogP contribution in [0.1, 0.15) is 39.0 Å². The van der Waals surface area contributed by atoms with Gasteiger partial charge in [0.25, 0.3) is 0 Å². The van der Waals surface area contributed by atoms with E-state index in [0.717, 1.165) is 12.8 Å². The molecule has 16 heavy (non-hydrogen) atoms. The molecule has 5 nitrogen and oxygen atoms in total. The van der Waals surface area contributed by atoms with Crippen LogP contribution >= 0.6 is 0 Å². The zero-order chi connectivity index (χ0) is 12.6. The number of amides is 1. The molecule has 0 rings (SSSR count). The quantitative estimate of drug-likeness (QED) is 0.647. The normalized spacial score (nSPS) is 12.2. The van der Waals surface area contributed by atoms with Gasteiger partial charge in [0.1, 0.15) is 0 Å². The third-order valence-corrected chi connectivity index (χ3v) is 2.41. The molecule has 0 bridgehead atoms. The summed E-state index contributed by atoms with van der Waals surface area (Å²) in [7, 11) is 1.68. The molecule has 1 unspecified atom stereocenters. The molecule has 5 heteroatoms. The van der Waals surface area contributed by atoms with Crippen molar-refractivity contribution in [3.63, 3.8) is 0 Å². The predicted octanol–water partition coefficient (Wildman–Crippen LogP) is 0.827. The first-order valence-corrected chi connectivity index (χ1v) is 5.68. The van der Waals surface area contributed by atoms with E-state index in [2.05, 4.69) is 0 Å². The van der Waals surface area contributed by atoms with Crippen molar-refractivity contribution in [3.05, 3.63) is 0 Å². The van der Waals surface area contributed by atoms with Crippen molar-refractivity contribution >= 4 is 11.9 Å². The fourth-order valence-corrected chi connectivity index (χ4v) is 1.45. The zero-order valence-corrected chi connectivity index (χ0v) is 10.1. The Kier molecular flexibility index (Phi) is 7.54. The molecule has 0 saturated heterocycles. The highest BCUT2D eigenvalue weighted by atomic mass is 16.4. The Morgan fingerprint density at radius 1 is 1.44 bits per heavy atom. The SMILES string of the molecule is CCCC(N)CC(=O)N(C)CCCC(=O)O. The predicted molar refractivity (Wildman–Crippen MR) is 62.0 cm³/mol. The van der Waals surface area contributed by atoms with Crippen molar-refractivity contribution in [3.8, 4) is 0 Å². The number of carbonyl (C=O) groups excluding carboxylic acids is 1. The number of nitrogens with two attached hydrogens (primary N) is 1. The number of carboxylic acids is 1. The van der Waals surface area contributed by atoms with E-state index in [1.54, 1.807) is 11.9 Å². The van der Waals surface area contributed by atoms with Gasteiger partial charge in [-0.1, -0.05) is 13.3 Å². The van der Waals surface area contributed by atoms with Crippen LogP contribution in [-0.4, -0.2) is 41.5 Å². The van der Waals surface area contributed by atoms with E-state index in [1.165, 1.54) is 0 Å². The molecule has 1 amide bonds. The molecule has 0 radical (unpaired) electrons. The maximum atomic E-state index is 11.6. The molecular weight excluding hydrogens is 208 g/mol. The first-order chi connectivity index (χ1) is 7.47. The number of nitrogens with zero attached hydrogens (tertiary/aromatic N) is 1. The molecule has 0 spiro atoms. The molecular formula is C11H22N2O3. The Labute approximate surface area is 96.6 Å². The van der Waals surface area contributed by atoms with Gasteiger partial charge in [-0.15, -0.1) is 0 Å². The second kappa shape index (κ2) is 8.10. The lowest BCUT2D eigenvalue weighted by Crippen LogP contribution is -2.34. The minimum atomic E-state index is -0.830. The molecule has 0 aromatic rings. The molecule has 0 fully saturated rings. The van der Waals surface area contributed by atoms with E-state index in [4.69, 9.17) is 10.8 Å². The van der Waals surface area contributed by atoms with Gasteiger partial charge < -0.3 is 15.7 Å². The summed E-state index contributed by atoms with van der Waals surface area (Å²) in [6.45, 7) is 2.50. The topological polar surface area (TPSA) is 83.6 Å². The molecule has 94 valence electrons. The van der Waals surface area contributed by atoms with Gasteiger partial charge in [-0.2, -0.15) is 0 Å². The van der Waals surface area contributed by atoms with E-state index in [-0.39, 0.29) is 18.4 Å². The minimum Gasteiger partial charge on any atom is -0.481 e. The lowest BCUT2D eigenvalue weighted by Gasteiger charge is -2.19. The standard InChI is InChI=1S/C11H22N2O3/c1-3-5-9(12)8-10(14)13(2)7-4-6-11(15)16/h9H,3-8,12H2,1-2H3,(H,15,16). The maximum absolute atomic E-state index is 11.6. The molecule has 1 atom stereocenters. The average molecular weight is 230 g/mol. The fraction of sp³-hybridized carbons (Fsp3) is 0.818. The summed E-state index contributed by atoms with van der Waals surface area (Å²) in [5, 5.41) is 8.46. The van der Waals surface area contributed by atoms with Gasteiger partial charge in [0.15, 0.2) is 0 Å². The molecule has 0 aliphatic heterocycles. The summed E-state index contributed by atoms with van der Waals surface area (Å²) >= 11 is 0. The summed E-state index contributed by atoms with van der Waals surface area (Å²) in [5.41, 5.74) is 5.76. The van der Waals surface area contributed by atoms with Gasteiger partial charge in [-0.05, 0) is 12.8 Å². The highest BCUT2D eigenvalue weighted by molar-refractivity contribution is 5.76. The average Bonchev–Trinajstić information content (AvgIpc) is 2.17. The van der Waals surface area contributed by atoms with Gasteiger partial charge in [0.05, 0.1) is 0 Å². The van der Waals surface area contributed by atoms with Crippen molar-refractivity contribution in [2.75, 3.05) is 13.6 Å². The fourth-order valence-electron chi connectivity index (χ4n) is 1.45. The van der Waals surface area contributed by atoms with Crippen LogP contribution in [0.5, 0.6) is 0 Å². The summed E-state index contributed by atoms with van der Waals surface area (Å²) in [4.78, 5) is 23.4. The van der Waals surface area contributed by atoms with Crippen LogP contribution in [0, 0.1) is 0 Å². The third kappa shape index (κ3) is 7.23. The van der Waals surface area contributed by atoms with Gasteiger partial charge in [-0.3, -0.25) is 9.59 Å². The van der Waals surface area contributed by atoms with Crippen molar-refractivity contribution in [1.82, 2.24) is 4.90 Å². The van der Waals surface area contributed by atoms with E-state index in [1.807, 2.05) is 6.92 Å². The van der Waals surface area contributed by atoms with Crippen LogP contribution in [0.25, 0.3) is 0 Å². The second-order valence-corrected chi connectivity index (χ2v) is 4.07. The lowest BCUT2D eigenvalue weighted by molar-refractivity contribution is -0.138. The minimum absolute atomic E-state index is 0.00802. The van der Waals surface area contributed by atoms with Gasteiger partial charge in [0.2, 0.25) is 5.91 Å². The highest BCUT2D eigenvalue weighted by Gasteiger charge is 2.13. The lowest BCUT2D eigenvalue weighted by atomic mass is 10.1. The van der Waals surface area contributed by atoms with Crippen LogP contribution in [0.4, 0.5) is 0 Å². The van der Waals surface area contributed by atoms with Crippen molar-refractivity contribution in [2.45, 2.75) is 45.1 Å². The molecule has 0 aromatic heterocycles. The van der Waals surface area contributed by atoms with Crippen LogP contribution in [0.2, 0.25) is 0 Å². The number of aliphatic carboxylic acids is 1. The summed E-state index contributed by atoms with van der Waals surface area (Å²) in [6, 6.07) is -0.0839. The second-order valence-electron chi connectivity index (χ2n) is 4.07. The van der Waals surface area contributed by atoms with Crippen molar-refractivity contribution in [2.24, 2.45) is 5.73 Å². The molecule has 0 heterocycles. The van der Waals surface area contributed by atoms with E-state index >= 15 is 0 Å². The summed E-state index contributed by atoms with van der Waals surface area (Å²) < 4.78 is 0. The molecule has 0 saturated carbocycles. The summed E-state index contributed by atoms with van der Waals surface area (Å²) in [6.07, 6.45) is 2.74. The van der Waals surface area contributed by atoms with E-state index in [9.17, 15) is 9.59 Å². The monoisotopic (exact) mass is 230 g/mol. The van der Waals surface area contributed by atoms with Gasteiger partial charge in [0, 0.05) is 32.5 Å². The Morgan fingerprint density at radius 3 is 2.56 bits per heavy atom. The van der Waals surface area contributed by atoms with E-state index < -0.39 is 5.97 Å². The largest absolute Gasteiger partial charge is 0.481 e. The number of carboxylic acid groups (broad SMARTS) is 1. The highest BCUT2D eigenvalue weighted by Crippen LogP contribution is 2.02. The van der Waals surface area contributed by atoms with Crippen LogP contribution in [-0.2, 0) is 9.59 Å². The third-order valence-electron chi connectivity index (χ3n) is 2.41. The van der Waals surface area contributed by atoms with Crippen LogP contribution in [0.15, 0.2) is 0 Å². The molecule has 0 aromatic carbocycles. The Balaban J connectivity index is 3.76. The molecule has 3 N–H and O–H groups in total. The number of hydrogen-bond acceptors (Lipinski definition) is 3. The summed E-state index contributed by atoms with van der Waals surface area (Å²) in [5.74, 6) is -0.838. The first kappa shape index (κ1) is 14.9. The van der Waals surface area contributed by atoms with Crippen LogP contribution < -0.4 is 5.73 Å². The smallest absolute Gasteiger partial charge is 0.303 e. The Bertz CT molecular complexity index is 231. The van der Waals surface area contributed by atoms with Crippen LogP contribution in [0.3, 0.4) is 0 Å². The molecule has 0 aliphatic carbocycles. The number of carbonyl (C=O) groups is 2. The van der Waals surface area contributed by atoms with Crippen molar-refractivity contribution < 1.29 is 14.7 Å².